The van der Waals surface area contributed by atoms with E-state index in [1.807, 2.05) is 0 Å². The summed E-state index contributed by atoms with van der Waals surface area (Å²) in [6.07, 6.45) is 3.81. The number of carboxylic acid groups (broad SMARTS) is 1. The van der Waals surface area contributed by atoms with Crippen LogP contribution in [0.2, 0.25) is 0 Å². The zero-order chi connectivity index (χ0) is 18.9. The van der Waals surface area contributed by atoms with Gasteiger partial charge >= 0.3 is 5.97 Å². The second-order valence-corrected chi connectivity index (χ2v) is 9.07. The van der Waals surface area contributed by atoms with Crippen molar-refractivity contribution in [2.24, 2.45) is 0 Å². The van der Waals surface area contributed by atoms with Crippen LogP contribution < -0.4 is 0 Å². The average Bonchev–Trinajstić information content (AvgIpc) is 3.05. The molecule has 1 atom stereocenters. The number of aliphatic carboxylic acids is 1. The summed E-state index contributed by atoms with van der Waals surface area (Å²) in [4.78, 5) is 25.8. The van der Waals surface area contributed by atoms with Crippen molar-refractivity contribution in [3.63, 3.8) is 0 Å². The van der Waals surface area contributed by atoms with Crippen LogP contribution in [0.4, 0.5) is 0 Å². The quantitative estimate of drug-likeness (QED) is 0.861. The largest absolute Gasteiger partial charge is 0.480 e. The summed E-state index contributed by atoms with van der Waals surface area (Å²) < 4.78 is 26.8. The zero-order valence-corrected chi connectivity index (χ0v) is 15.7. The number of hydrogen-bond acceptors (Lipinski definition) is 4. The van der Waals surface area contributed by atoms with Crippen LogP contribution in [0.5, 0.6) is 0 Å². The van der Waals surface area contributed by atoms with Crippen molar-refractivity contribution in [1.29, 1.82) is 0 Å². The second kappa shape index (κ2) is 7.00. The van der Waals surface area contributed by atoms with E-state index in [1.165, 1.54) is 33.5 Å². The van der Waals surface area contributed by atoms with Gasteiger partial charge in [0.1, 0.15) is 5.54 Å². The maximum atomic E-state index is 12.7. The summed E-state index contributed by atoms with van der Waals surface area (Å²) in [6.45, 7) is 2.98. The molecule has 2 heterocycles. The second-order valence-electron chi connectivity index (χ2n) is 7.13. The first-order valence-corrected chi connectivity index (χ1v) is 10.4. The van der Waals surface area contributed by atoms with E-state index in [9.17, 15) is 23.1 Å². The highest BCUT2D eigenvalue weighted by Gasteiger charge is 2.46. The van der Waals surface area contributed by atoms with Crippen LogP contribution in [-0.4, -0.2) is 59.8 Å². The summed E-state index contributed by atoms with van der Waals surface area (Å²) in [5, 5.41) is 9.46. The van der Waals surface area contributed by atoms with E-state index in [1.54, 1.807) is 6.92 Å². The van der Waals surface area contributed by atoms with E-state index in [0.29, 0.717) is 38.0 Å². The predicted octanol–water partition coefficient (Wildman–Crippen LogP) is 1.94. The third-order valence-electron chi connectivity index (χ3n) is 5.40. The molecule has 142 valence electrons. The Hall–Kier alpha value is -1.93. The van der Waals surface area contributed by atoms with Crippen LogP contribution in [0.1, 0.15) is 49.4 Å². The molecule has 1 aromatic carbocycles. The number of carbonyl (C=O) groups excluding carboxylic acids is 1. The molecule has 26 heavy (non-hydrogen) atoms. The van der Waals surface area contributed by atoms with Crippen molar-refractivity contribution in [1.82, 2.24) is 9.21 Å². The Kier molecular flexibility index (Phi) is 5.07. The molecule has 2 aliphatic rings. The number of sulfonamides is 1. The van der Waals surface area contributed by atoms with Crippen LogP contribution >= 0.6 is 0 Å². The minimum atomic E-state index is -3.55. The van der Waals surface area contributed by atoms with Crippen LogP contribution in [0.25, 0.3) is 0 Å². The molecule has 8 heteroatoms. The monoisotopic (exact) mass is 380 g/mol. The van der Waals surface area contributed by atoms with Crippen molar-refractivity contribution in [3.05, 3.63) is 29.8 Å². The Morgan fingerprint density at radius 3 is 2.19 bits per heavy atom. The Morgan fingerprint density at radius 1 is 1.00 bits per heavy atom. The normalized spacial score (nSPS) is 24.6. The van der Waals surface area contributed by atoms with E-state index in [4.69, 9.17) is 0 Å². The summed E-state index contributed by atoms with van der Waals surface area (Å²) in [5.74, 6) is -1.40. The lowest BCUT2D eigenvalue weighted by molar-refractivity contribution is -0.147. The Bertz CT molecular complexity index is 799. The molecule has 2 fully saturated rings. The van der Waals surface area contributed by atoms with E-state index >= 15 is 0 Å². The summed E-state index contributed by atoms with van der Waals surface area (Å²) in [5.41, 5.74) is -0.910. The number of nitrogens with zero attached hydrogens (tertiary/aromatic N) is 2. The SMILES string of the molecule is CC1(C(=O)O)CCCN1C(=O)c1ccc(S(=O)(=O)N2CCCCC2)cc1. The van der Waals surface area contributed by atoms with Gasteiger partial charge in [0, 0.05) is 25.2 Å². The Balaban J connectivity index is 1.81. The molecule has 1 unspecified atom stereocenters. The number of carbonyl (C=O) groups is 2. The number of carboxylic acids is 1. The van der Waals surface area contributed by atoms with Crippen LogP contribution in [0.15, 0.2) is 29.2 Å². The molecule has 0 spiro atoms. The number of amides is 1. The van der Waals surface area contributed by atoms with Gasteiger partial charge in [0.2, 0.25) is 10.0 Å². The first-order chi connectivity index (χ1) is 12.3. The van der Waals surface area contributed by atoms with E-state index < -0.39 is 21.5 Å². The smallest absolute Gasteiger partial charge is 0.329 e. The molecular formula is C18H24N2O5S. The van der Waals surface area contributed by atoms with Gasteiger partial charge in [-0.1, -0.05) is 6.42 Å². The fourth-order valence-electron chi connectivity index (χ4n) is 3.69. The standard InChI is InChI=1S/C18H24N2O5S/c1-18(17(22)23)10-5-13-20(18)16(21)14-6-8-15(9-7-14)26(24,25)19-11-3-2-4-12-19/h6-9H,2-5,10-13H2,1H3,(H,22,23). The maximum absolute atomic E-state index is 12.7. The average molecular weight is 380 g/mol. The lowest BCUT2D eigenvalue weighted by atomic mass is 9.98. The molecular weight excluding hydrogens is 356 g/mol. The molecule has 1 N–H and O–H groups in total. The van der Waals surface area contributed by atoms with Gasteiger partial charge in [-0.15, -0.1) is 0 Å². The van der Waals surface area contributed by atoms with Gasteiger partial charge in [0.15, 0.2) is 0 Å². The molecule has 0 aromatic heterocycles. The van der Waals surface area contributed by atoms with E-state index in [0.717, 1.165) is 19.3 Å². The fraction of sp³-hybridized carbons (Fsp3) is 0.556. The molecule has 0 bridgehead atoms. The zero-order valence-electron chi connectivity index (χ0n) is 14.8. The van der Waals surface area contributed by atoms with E-state index in [2.05, 4.69) is 0 Å². The number of rotatable bonds is 4. The third-order valence-corrected chi connectivity index (χ3v) is 7.31. The Morgan fingerprint density at radius 2 is 1.62 bits per heavy atom. The molecule has 0 radical (unpaired) electrons. The summed E-state index contributed by atoms with van der Waals surface area (Å²) in [7, 11) is -3.55. The number of hydrogen-bond donors (Lipinski definition) is 1. The number of likely N-dealkylation sites (tertiary alicyclic amines) is 1. The molecule has 0 aliphatic carbocycles. The van der Waals surface area contributed by atoms with Crippen molar-refractivity contribution in [2.45, 2.75) is 49.5 Å². The first-order valence-electron chi connectivity index (χ1n) is 8.92. The van der Waals surface area contributed by atoms with Crippen LogP contribution in [0.3, 0.4) is 0 Å². The molecule has 1 aromatic rings. The predicted molar refractivity (Wildman–Crippen MR) is 95.4 cm³/mol. The Labute approximate surface area is 153 Å². The van der Waals surface area contributed by atoms with Crippen molar-refractivity contribution >= 4 is 21.9 Å². The summed E-state index contributed by atoms with van der Waals surface area (Å²) in [6, 6.07) is 5.82. The number of piperidine rings is 1. The fourth-order valence-corrected chi connectivity index (χ4v) is 5.21. The van der Waals surface area contributed by atoms with Gasteiger partial charge in [-0.05, 0) is 56.9 Å². The lowest BCUT2D eigenvalue weighted by Gasteiger charge is -2.31. The lowest BCUT2D eigenvalue weighted by Crippen LogP contribution is -2.50. The minimum Gasteiger partial charge on any atom is -0.480 e. The highest BCUT2D eigenvalue weighted by Crippen LogP contribution is 2.31. The van der Waals surface area contributed by atoms with Gasteiger partial charge in [-0.3, -0.25) is 4.79 Å². The van der Waals surface area contributed by atoms with Gasteiger partial charge < -0.3 is 10.0 Å². The highest BCUT2D eigenvalue weighted by atomic mass is 32.2. The molecule has 3 rings (SSSR count). The maximum Gasteiger partial charge on any atom is 0.329 e. The summed E-state index contributed by atoms with van der Waals surface area (Å²) >= 11 is 0. The van der Waals surface area contributed by atoms with Crippen molar-refractivity contribution in [3.8, 4) is 0 Å². The molecule has 1 amide bonds. The van der Waals surface area contributed by atoms with Crippen molar-refractivity contribution in [2.75, 3.05) is 19.6 Å². The van der Waals surface area contributed by atoms with Gasteiger partial charge in [-0.25, -0.2) is 13.2 Å². The number of benzene rings is 1. The van der Waals surface area contributed by atoms with Gasteiger partial charge in [-0.2, -0.15) is 4.31 Å². The van der Waals surface area contributed by atoms with Crippen molar-refractivity contribution < 1.29 is 23.1 Å². The molecule has 0 saturated carbocycles. The van der Waals surface area contributed by atoms with Crippen LogP contribution in [0, 0.1) is 0 Å². The molecule has 2 saturated heterocycles. The molecule has 2 aliphatic heterocycles. The molecule has 7 nitrogen and oxygen atoms in total. The minimum absolute atomic E-state index is 0.165. The highest BCUT2D eigenvalue weighted by molar-refractivity contribution is 7.89. The van der Waals surface area contributed by atoms with E-state index in [-0.39, 0.29) is 10.8 Å². The third kappa shape index (κ3) is 3.23. The van der Waals surface area contributed by atoms with Gasteiger partial charge in [0.25, 0.3) is 5.91 Å². The van der Waals surface area contributed by atoms with Gasteiger partial charge in [0.05, 0.1) is 4.90 Å². The first kappa shape index (κ1) is 18.8. The topological polar surface area (TPSA) is 95.0 Å². The van der Waals surface area contributed by atoms with Crippen LogP contribution in [-0.2, 0) is 14.8 Å².